The number of piperidine rings is 1. The second-order valence-corrected chi connectivity index (χ2v) is 5.67. The van der Waals surface area contributed by atoms with Crippen molar-refractivity contribution in [1.29, 1.82) is 0 Å². The average Bonchev–Trinajstić information content (AvgIpc) is 2.64. The van der Waals surface area contributed by atoms with Gasteiger partial charge in [0.2, 0.25) is 0 Å². The van der Waals surface area contributed by atoms with E-state index >= 15 is 0 Å². The Kier molecular flexibility index (Phi) is 3.46. The van der Waals surface area contributed by atoms with E-state index in [9.17, 15) is 13.6 Å². The van der Waals surface area contributed by atoms with Gasteiger partial charge >= 0.3 is 5.97 Å². The molecule has 3 rings (SSSR count). The van der Waals surface area contributed by atoms with Crippen molar-refractivity contribution in [1.82, 2.24) is 4.90 Å². The molecule has 108 valence electrons. The number of halogens is 2. The Hall–Kier alpha value is -1.49. The first-order valence-corrected chi connectivity index (χ1v) is 6.92. The lowest BCUT2D eigenvalue weighted by Gasteiger charge is -2.35. The fourth-order valence-electron chi connectivity index (χ4n) is 3.33. The minimum atomic E-state index is -0.768. The zero-order chi connectivity index (χ0) is 14.3. The summed E-state index contributed by atoms with van der Waals surface area (Å²) in [5, 5.41) is 0. The molecular weight excluding hydrogens is 264 g/mol. The lowest BCUT2D eigenvalue weighted by molar-refractivity contribution is -0.000878. The molecule has 2 bridgehead atoms. The maximum absolute atomic E-state index is 13.5. The van der Waals surface area contributed by atoms with Crippen LogP contribution < -0.4 is 0 Å². The highest BCUT2D eigenvalue weighted by molar-refractivity contribution is 5.89. The maximum Gasteiger partial charge on any atom is 0.341 e. The van der Waals surface area contributed by atoms with Gasteiger partial charge in [0.25, 0.3) is 0 Å². The summed E-state index contributed by atoms with van der Waals surface area (Å²) >= 11 is 0. The lowest BCUT2D eigenvalue weighted by Crippen LogP contribution is -2.43. The van der Waals surface area contributed by atoms with Crippen LogP contribution >= 0.6 is 0 Å². The Morgan fingerprint density at radius 2 is 1.90 bits per heavy atom. The van der Waals surface area contributed by atoms with Crippen molar-refractivity contribution in [2.24, 2.45) is 0 Å². The van der Waals surface area contributed by atoms with Gasteiger partial charge in [0.15, 0.2) is 0 Å². The van der Waals surface area contributed by atoms with Gasteiger partial charge < -0.3 is 9.64 Å². The summed E-state index contributed by atoms with van der Waals surface area (Å²) in [7, 11) is 2.09. The van der Waals surface area contributed by atoms with Crippen molar-refractivity contribution in [2.45, 2.75) is 43.9 Å². The van der Waals surface area contributed by atoms with Gasteiger partial charge in [0.05, 0.1) is 5.56 Å². The molecule has 0 aliphatic carbocycles. The summed E-state index contributed by atoms with van der Waals surface area (Å²) in [5.74, 6) is -2.15. The molecule has 5 heteroatoms. The van der Waals surface area contributed by atoms with Crippen LogP contribution in [0.3, 0.4) is 0 Å². The molecule has 0 amide bonds. The third-order valence-corrected chi connectivity index (χ3v) is 4.48. The minimum absolute atomic E-state index is 0.195. The van der Waals surface area contributed by atoms with Crippen LogP contribution in [0.25, 0.3) is 0 Å². The van der Waals surface area contributed by atoms with Crippen molar-refractivity contribution >= 4 is 5.97 Å². The molecule has 2 aliphatic rings. The minimum Gasteiger partial charge on any atom is -0.459 e. The third-order valence-electron chi connectivity index (χ3n) is 4.48. The Morgan fingerprint density at radius 3 is 2.55 bits per heavy atom. The van der Waals surface area contributed by atoms with Gasteiger partial charge in [0.1, 0.15) is 17.7 Å². The summed E-state index contributed by atoms with van der Waals surface area (Å²) in [6.07, 6.45) is 3.58. The largest absolute Gasteiger partial charge is 0.459 e. The van der Waals surface area contributed by atoms with Gasteiger partial charge in [-0.2, -0.15) is 0 Å². The SMILES string of the molecule is CN1[C@@H]2CC[C@H]1CC(OC(=O)c1cc(F)ccc1F)C2. The lowest BCUT2D eigenvalue weighted by atomic mass is 10.0. The summed E-state index contributed by atoms with van der Waals surface area (Å²) in [6, 6.07) is 3.70. The first-order chi connectivity index (χ1) is 9.54. The van der Waals surface area contributed by atoms with Crippen molar-refractivity contribution in [2.75, 3.05) is 7.05 Å². The number of hydrogen-bond acceptors (Lipinski definition) is 3. The summed E-state index contributed by atoms with van der Waals surface area (Å²) in [6.45, 7) is 0. The standard InChI is InChI=1S/C15H17F2NO2/c1-18-10-3-4-11(18)8-12(7-10)20-15(19)13-6-9(16)2-5-14(13)17/h2,5-6,10-12H,3-4,7-8H2,1H3/t10-,11+,12?. The summed E-state index contributed by atoms with van der Waals surface area (Å²) in [5.41, 5.74) is -0.323. The van der Waals surface area contributed by atoms with Crippen LogP contribution in [0.1, 0.15) is 36.0 Å². The van der Waals surface area contributed by atoms with Gasteiger partial charge in [-0.05, 0) is 38.1 Å². The second-order valence-electron chi connectivity index (χ2n) is 5.67. The van der Waals surface area contributed by atoms with Crippen LogP contribution in [-0.4, -0.2) is 36.1 Å². The number of hydrogen-bond donors (Lipinski definition) is 0. The normalized spacial score (nSPS) is 29.4. The molecule has 2 heterocycles. The molecule has 20 heavy (non-hydrogen) atoms. The van der Waals surface area contributed by atoms with E-state index < -0.39 is 17.6 Å². The van der Waals surface area contributed by atoms with E-state index in [1.165, 1.54) is 0 Å². The molecule has 0 saturated carbocycles. The Bertz CT molecular complexity index is 521. The highest BCUT2D eigenvalue weighted by Gasteiger charge is 2.40. The van der Waals surface area contributed by atoms with E-state index in [2.05, 4.69) is 11.9 Å². The third kappa shape index (κ3) is 2.42. The first-order valence-electron chi connectivity index (χ1n) is 6.92. The second kappa shape index (κ2) is 5.13. The number of carbonyl (C=O) groups is 1. The van der Waals surface area contributed by atoms with Gasteiger partial charge in [-0.15, -0.1) is 0 Å². The van der Waals surface area contributed by atoms with Crippen molar-refractivity contribution in [3.8, 4) is 0 Å². The number of ether oxygens (including phenoxy) is 1. The Balaban J connectivity index is 1.69. The molecule has 3 atom stereocenters. The zero-order valence-corrected chi connectivity index (χ0v) is 11.3. The van der Waals surface area contributed by atoms with Crippen molar-refractivity contribution in [3.05, 3.63) is 35.4 Å². The molecule has 2 fully saturated rings. The molecule has 3 nitrogen and oxygen atoms in total. The van der Waals surface area contributed by atoms with Gasteiger partial charge in [-0.25, -0.2) is 13.6 Å². The van der Waals surface area contributed by atoms with Crippen LogP contribution in [-0.2, 0) is 4.74 Å². The fraction of sp³-hybridized carbons (Fsp3) is 0.533. The number of fused-ring (bicyclic) bond motifs is 2. The number of rotatable bonds is 2. The van der Waals surface area contributed by atoms with E-state index in [0.29, 0.717) is 12.1 Å². The molecule has 0 aromatic heterocycles. The smallest absolute Gasteiger partial charge is 0.341 e. The molecule has 2 aliphatic heterocycles. The molecule has 1 unspecified atom stereocenters. The van der Waals surface area contributed by atoms with Crippen LogP contribution in [0.5, 0.6) is 0 Å². The highest BCUT2D eigenvalue weighted by atomic mass is 19.1. The molecule has 2 saturated heterocycles. The molecule has 0 radical (unpaired) electrons. The highest BCUT2D eigenvalue weighted by Crippen LogP contribution is 2.35. The zero-order valence-electron chi connectivity index (χ0n) is 11.3. The van der Waals surface area contributed by atoms with Crippen LogP contribution in [0, 0.1) is 11.6 Å². The van der Waals surface area contributed by atoms with Gasteiger partial charge in [-0.1, -0.05) is 0 Å². The number of esters is 1. The summed E-state index contributed by atoms with van der Waals surface area (Å²) in [4.78, 5) is 14.3. The number of carbonyl (C=O) groups excluding carboxylic acids is 1. The van der Waals surface area contributed by atoms with E-state index in [1.54, 1.807) is 0 Å². The van der Waals surface area contributed by atoms with E-state index in [4.69, 9.17) is 4.74 Å². The van der Waals surface area contributed by atoms with Crippen LogP contribution in [0.2, 0.25) is 0 Å². The van der Waals surface area contributed by atoms with E-state index in [0.717, 1.165) is 43.9 Å². The number of nitrogens with zero attached hydrogens (tertiary/aromatic N) is 1. The van der Waals surface area contributed by atoms with E-state index in [1.807, 2.05) is 0 Å². The molecule has 0 N–H and O–H groups in total. The maximum atomic E-state index is 13.5. The average molecular weight is 281 g/mol. The Labute approximate surface area is 116 Å². The van der Waals surface area contributed by atoms with Crippen LogP contribution in [0.15, 0.2) is 18.2 Å². The monoisotopic (exact) mass is 281 g/mol. The molecule has 0 spiro atoms. The van der Waals surface area contributed by atoms with Gasteiger partial charge in [-0.3, -0.25) is 0 Å². The van der Waals surface area contributed by atoms with Crippen LogP contribution in [0.4, 0.5) is 8.78 Å². The quantitative estimate of drug-likeness (QED) is 0.781. The van der Waals surface area contributed by atoms with E-state index in [-0.39, 0.29) is 11.7 Å². The van der Waals surface area contributed by atoms with Crippen molar-refractivity contribution < 1.29 is 18.3 Å². The molecular formula is C15H17F2NO2. The predicted octanol–water partition coefficient (Wildman–Crippen LogP) is 2.75. The number of benzene rings is 1. The van der Waals surface area contributed by atoms with Crippen molar-refractivity contribution in [3.63, 3.8) is 0 Å². The fourth-order valence-corrected chi connectivity index (χ4v) is 3.33. The first kappa shape index (κ1) is 13.5. The topological polar surface area (TPSA) is 29.5 Å². The summed E-state index contributed by atoms with van der Waals surface area (Å²) < 4.78 is 32.0. The Morgan fingerprint density at radius 1 is 1.25 bits per heavy atom. The molecule has 1 aromatic carbocycles. The molecule has 1 aromatic rings. The van der Waals surface area contributed by atoms with Gasteiger partial charge in [0, 0.05) is 24.9 Å². The predicted molar refractivity (Wildman–Crippen MR) is 69.4 cm³/mol.